The number of aryl methyl sites for hydroxylation is 1. The van der Waals surface area contributed by atoms with Crippen LogP contribution in [0.5, 0.6) is 0 Å². The quantitative estimate of drug-likeness (QED) is 0.710. The summed E-state index contributed by atoms with van der Waals surface area (Å²) in [6.07, 6.45) is 1.88. The molecule has 1 N–H and O–H groups in total. The summed E-state index contributed by atoms with van der Waals surface area (Å²) in [7, 11) is 1.88. The highest BCUT2D eigenvalue weighted by molar-refractivity contribution is 5.39. The van der Waals surface area contributed by atoms with E-state index >= 15 is 0 Å². The molecule has 0 spiro atoms. The minimum Gasteiger partial charge on any atom is -0.378 e. The Balaban J connectivity index is 3.08. The monoisotopic (exact) mass is 206 g/mol. The van der Waals surface area contributed by atoms with Crippen LogP contribution in [-0.4, -0.2) is 20.5 Å². The molecule has 0 aliphatic heterocycles. The predicted molar refractivity (Wildman–Crippen MR) is 60.5 cm³/mol. The molecule has 82 valence electrons. The van der Waals surface area contributed by atoms with E-state index in [0.717, 1.165) is 11.3 Å². The van der Waals surface area contributed by atoms with Crippen molar-refractivity contribution in [3.63, 3.8) is 0 Å². The zero-order valence-corrected chi connectivity index (χ0v) is 10.00. The molecule has 1 aromatic rings. The first kappa shape index (κ1) is 11.8. The van der Waals surface area contributed by atoms with E-state index in [-0.39, 0.29) is 0 Å². The van der Waals surface area contributed by atoms with Crippen molar-refractivity contribution in [2.45, 2.75) is 39.2 Å². The molecule has 0 unspecified atom stereocenters. The molecule has 1 rings (SSSR count). The highest BCUT2D eigenvalue weighted by atomic mass is 16.3. The van der Waals surface area contributed by atoms with E-state index in [2.05, 4.69) is 30.8 Å². The molecule has 0 aliphatic carbocycles. The average molecular weight is 206 g/mol. The Labute approximate surface area is 91.1 Å². The summed E-state index contributed by atoms with van der Waals surface area (Å²) < 4.78 is 1.75. The standard InChI is InChI=1S/C12H18N2O/c1-9(2)11-10(8-14(5)13-11)6-7-12(3,4)15/h8-9,15H,1-5H3. The van der Waals surface area contributed by atoms with Gasteiger partial charge in [-0.1, -0.05) is 25.7 Å². The number of aliphatic hydroxyl groups is 1. The first-order valence-corrected chi connectivity index (χ1v) is 5.08. The minimum atomic E-state index is -0.954. The zero-order chi connectivity index (χ0) is 11.6. The Hall–Kier alpha value is -1.27. The van der Waals surface area contributed by atoms with Crippen LogP contribution >= 0.6 is 0 Å². The third-order valence-corrected chi connectivity index (χ3v) is 1.91. The van der Waals surface area contributed by atoms with E-state index < -0.39 is 5.60 Å². The zero-order valence-electron chi connectivity index (χ0n) is 10.00. The molecular weight excluding hydrogens is 188 g/mol. The number of hydrogen-bond acceptors (Lipinski definition) is 2. The van der Waals surface area contributed by atoms with Gasteiger partial charge in [0.2, 0.25) is 0 Å². The van der Waals surface area contributed by atoms with Crippen molar-refractivity contribution >= 4 is 0 Å². The number of rotatable bonds is 1. The fourth-order valence-corrected chi connectivity index (χ4v) is 1.25. The van der Waals surface area contributed by atoms with E-state index in [9.17, 15) is 5.11 Å². The van der Waals surface area contributed by atoms with Gasteiger partial charge in [0.1, 0.15) is 5.60 Å². The third-order valence-electron chi connectivity index (χ3n) is 1.91. The van der Waals surface area contributed by atoms with Gasteiger partial charge in [-0.25, -0.2) is 0 Å². The van der Waals surface area contributed by atoms with Crippen molar-refractivity contribution < 1.29 is 5.11 Å². The highest BCUT2D eigenvalue weighted by Crippen LogP contribution is 2.16. The van der Waals surface area contributed by atoms with Gasteiger partial charge in [-0.15, -0.1) is 0 Å². The molecule has 3 nitrogen and oxygen atoms in total. The van der Waals surface area contributed by atoms with Crippen LogP contribution in [0.4, 0.5) is 0 Å². The van der Waals surface area contributed by atoms with Gasteiger partial charge in [-0.2, -0.15) is 5.10 Å². The van der Waals surface area contributed by atoms with Crippen molar-refractivity contribution in [2.24, 2.45) is 7.05 Å². The Kier molecular flexibility index (Phi) is 3.21. The largest absolute Gasteiger partial charge is 0.378 e. The Bertz CT molecular complexity index is 399. The van der Waals surface area contributed by atoms with Gasteiger partial charge in [0.15, 0.2) is 0 Å². The minimum absolute atomic E-state index is 0.345. The normalized spacial score (nSPS) is 11.4. The number of hydrogen-bond donors (Lipinski definition) is 1. The van der Waals surface area contributed by atoms with Crippen molar-refractivity contribution in [1.29, 1.82) is 0 Å². The van der Waals surface area contributed by atoms with Crippen LogP contribution in [0.15, 0.2) is 6.20 Å². The van der Waals surface area contributed by atoms with Crippen LogP contribution in [0, 0.1) is 11.8 Å². The first-order valence-electron chi connectivity index (χ1n) is 5.08. The van der Waals surface area contributed by atoms with Crippen LogP contribution in [0.1, 0.15) is 44.9 Å². The SMILES string of the molecule is CC(C)c1nn(C)cc1C#CC(C)(C)O. The van der Waals surface area contributed by atoms with Crippen LogP contribution < -0.4 is 0 Å². The van der Waals surface area contributed by atoms with Crippen molar-refractivity contribution in [1.82, 2.24) is 9.78 Å². The molecule has 0 saturated heterocycles. The van der Waals surface area contributed by atoms with Gasteiger partial charge in [0.05, 0.1) is 11.3 Å². The third kappa shape index (κ3) is 3.41. The van der Waals surface area contributed by atoms with E-state index in [0.29, 0.717) is 5.92 Å². The molecule has 3 heteroatoms. The smallest absolute Gasteiger partial charge is 0.120 e. The molecule has 0 radical (unpaired) electrons. The maximum Gasteiger partial charge on any atom is 0.120 e. The summed E-state index contributed by atoms with van der Waals surface area (Å²) in [5.41, 5.74) is 0.924. The molecule has 0 aliphatic rings. The fraction of sp³-hybridized carbons (Fsp3) is 0.583. The van der Waals surface area contributed by atoms with Crippen molar-refractivity contribution in [3.05, 3.63) is 17.5 Å². The summed E-state index contributed by atoms with van der Waals surface area (Å²) in [6.45, 7) is 7.51. The van der Waals surface area contributed by atoms with Gasteiger partial charge < -0.3 is 5.11 Å². The second kappa shape index (κ2) is 4.08. The van der Waals surface area contributed by atoms with Crippen LogP contribution in [0.25, 0.3) is 0 Å². The number of nitrogens with zero attached hydrogens (tertiary/aromatic N) is 2. The van der Waals surface area contributed by atoms with Crippen LogP contribution in [0.2, 0.25) is 0 Å². The topological polar surface area (TPSA) is 38.0 Å². The highest BCUT2D eigenvalue weighted by Gasteiger charge is 2.11. The lowest BCUT2D eigenvalue weighted by Crippen LogP contribution is -2.14. The lowest BCUT2D eigenvalue weighted by atomic mass is 10.1. The molecule has 0 amide bonds. The van der Waals surface area contributed by atoms with E-state index in [1.165, 1.54) is 0 Å². The van der Waals surface area contributed by atoms with E-state index in [4.69, 9.17) is 0 Å². The van der Waals surface area contributed by atoms with E-state index in [1.54, 1.807) is 18.5 Å². The second-order valence-electron chi connectivity index (χ2n) is 4.57. The molecule has 0 atom stereocenters. The van der Waals surface area contributed by atoms with Gasteiger partial charge in [-0.05, 0) is 19.8 Å². The van der Waals surface area contributed by atoms with Gasteiger partial charge in [0, 0.05) is 13.2 Å². The van der Waals surface area contributed by atoms with Gasteiger partial charge >= 0.3 is 0 Å². The molecular formula is C12H18N2O. The van der Waals surface area contributed by atoms with Gasteiger partial charge in [0.25, 0.3) is 0 Å². The molecule has 1 aromatic heterocycles. The second-order valence-corrected chi connectivity index (χ2v) is 4.57. The molecule has 0 fully saturated rings. The average Bonchev–Trinajstić information content (AvgIpc) is 2.42. The van der Waals surface area contributed by atoms with E-state index in [1.807, 2.05) is 13.2 Å². The molecule has 0 bridgehead atoms. The van der Waals surface area contributed by atoms with Crippen molar-refractivity contribution in [2.75, 3.05) is 0 Å². The molecule has 0 aromatic carbocycles. The molecule has 0 saturated carbocycles. The summed E-state index contributed by atoms with van der Waals surface area (Å²) in [5, 5.41) is 13.9. The number of aromatic nitrogens is 2. The van der Waals surface area contributed by atoms with Crippen molar-refractivity contribution in [3.8, 4) is 11.8 Å². The Morgan fingerprint density at radius 3 is 2.53 bits per heavy atom. The summed E-state index contributed by atoms with van der Waals surface area (Å²) in [5.74, 6) is 6.12. The maximum absolute atomic E-state index is 9.51. The Morgan fingerprint density at radius 1 is 1.47 bits per heavy atom. The Morgan fingerprint density at radius 2 is 2.07 bits per heavy atom. The summed E-state index contributed by atoms with van der Waals surface area (Å²) >= 11 is 0. The molecule has 15 heavy (non-hydrogen) atoms. The summed E-state index contributed by atoms with van der Waals surface area (Å²) in [6, 6.07) is 0. The summed E-state index contributed by atoms with van der Waals surface area (Å²) in [4.78, 5) is 0. The van der Waals surface area contributed by atoms with Crippen LogP contribution in [-0.2, 0) is 7.05 Å². The molecule has 1 heterocycles. The predicted octanol–water partition coefficient (Wildman–Crippen LogP) is 1.67. The fourth-order valence-electron chi connectivity index (χ4n) is 1.25. The first-order chi connectivity index (χ1) is 6.79. The lowest BCUT2D eigenvalue weighted by Gasteiger charge is -2.06. The van der Waals surface area contributed by atoms with Crippen LogP contribution in [0.3, 0.4) is 0 Å². The maximum atomic E-state index is 9.51. The lowest BCUT2D eigenvalue weighted by molar-refractivity contribution is 0.143. The van der Waals surface area contributed by atoms with Gasteiger partial charge in [-0.3, -0.25) is 4.68 Å².